The first-order valence-corrected chi connectivity index (χ1v) is 7.32. The molecule has 0 saturated carbocycles. The Bertz CT molecular complexity index is 778. The molecule has 0 bridgehead atoms. The van der Waals surface area contributed by atoms with Crippen molar-refractivity contribution in [2.75, 3.05) is 25.1 Å². The van der Waals surface area contributed by atoms with Crippen LogP contribution in [0, 0.1) is 0 Å². The number of nitrogens with zero attached hydrogens (tertiary/aromatic N) is 2. The normalized spacial score (nSPS) is 14.8. The molecule has 1 aliphatic heterocycles. The summed E-state index contributed by atoms with van der Waals surface area (Å²) in [6.07, 6.45) is -1.22. The summed E-state index contributed by atoms with van der Waals surface area (Å²) in [5.41, 5.74) is -0.0159. The second-order valence-corrected chi connectivity index (χ2v) is 5.10. The van der Waals surface area contributed by atoms with Gasteiger partial charge in [-0.2, -0.15) is 4.98 Å². The van der Waals surface area contributed by atoms with Crippen LogP contribution in [-0.2, 0) is 4.74 Å². The number of fused-ring (bicyclic) bond motifs is 2. The summed E-state index contributed by atoms with van der Waals surface area (Å²) >= 11 is 0. The quantitative estimate of drug-likeness (QED) is 0.494. The SMILES string of the molecule is O=c1nc2c(cn1[C@H](OCCO)C(O)CO)Oc1ccccc1N2. The number of aliphatic hydroxyl groups excluding tert-OH is 3. The second kappa shape index (κ2) is 6.97. The smallest absolute Gasteiger partial charge is 0.351 e. The van der Waals surface area contributed by atoms with E-state index in [1.54, 1.807) is 18.2 Å². The molecule has 0 saturated heterocycles. The molecule has 2 heterocycles. The third-order valence-corrected chi connectivity index (χ3v) is 3.45. The molecule has 1 unspecified atom stereocenters. The van der Waals surface area contributed by atoms with Gasteiger partial charge in [-0.15, -0.1) is 0 Å². The Balaban J connectivity index is 1.97. The van der Waals surface area contributed by atoms with E-state index in [1.165, 1.54) is 6.20 Å². The minimum absolute atomic E-state index is 0.118. The predicted octanol–water partition coefficient (Wildman–Crippen LogP) is -0.0467. The molecule has 2 aromatic rings. The lowest BCUT2D eigenvalue weighted by Crippen LogP contribution is -2.38. The van der Waals surface area contributed by atoms with Crippen LogP contribution in [0.5, 0.6) is 11.5 Å². The summed E-state index contributed by atoms with van der Waals surface area (Å²) in [7, 11) is 0. The Hall–Kier alpha value is -2.46. The van der Waals surface area contributed by atoms with Gasteiger partial charge >= 0.3 is 5.69 Å². The largest absolute Gasteiger partial charge is 0.450 e. The first-order valence-electron chi connectivity index (χ1n) is 7.32. The van der Waals surface area contributed by atoms with Crippen molar-refractivity contribution in [1.29, 1.82) is 0 Å². The van der Waals surface area contributed by atoms with E-state index in [4.69, 9.17) is 19.7 Å². The zero-order valence-corrected chi connectivity index (χ0v) is 12.6. The fraction of sp³-hybridized carbons (Fsp3) is 0.333. The molecule has 9 nitrogen and oxygen atoms in total. The predicted molar refractivity (Wildman–Crippen MR) is 83.5 cm³/mol. The van der Waals surface area contributed by atoms with Crippen LogP contribution in [0.25, 0.3) is 0 Å². The van der Waals surface area contributed by atoms with Crippen LogP contribution in [0.4, 0.5) is 11.5 Å². The summed E-state index contributed by atoms with van der Waals surface area (Å²) in [6, 6.07) is 7.16. The van der Waals surface area contributed by atoms with E-state index in [1.807, 2.05) is 6.07 Å². The van der Waals surface area contributed by atoms with E-state index in [0.29, 0.717) is 11.4 Å². The van der Waals surface area contributed by atoms with E-state index in [-0.39, 0.29) is 24.8 Å². The average molecular weight is 335 g/mol. The number of para-hydroxylation sites is 2. The number of aromatic nitrogens is 2. The number of hydrogen-bond acceptors (Lipinski definition) is 8. The Labute approximate surface area is 136 Å². The Morgan fingerprint density at radius 2 is 2.08 bits per heavy atom. The molecule has 0 spiro atoms. The van der Waals surface area contributed by atoms with Crippen LogP contribution < -0.4 is 15.7 Å². The van der Waals surface area contributed by atoms with Crippen LogP contribution in [0.2, 0.25) is 0 Å². The minimum Gasteiger partial charge on any atom is -0.450 e. The number of benzene rings is 1. The van der Waals surface area contributed by atoms with Crippen molar-refractivity contribution in [2.24, 2.45) is 0 Å². The molecule has 0 aliphatic carbocycles. The maximum absolute atomic E-state index is 12.2. The van der Waals surface area contributed by atoms with Gasteiger partial charge in [0.2, 0.25) is 0 Å². The fourth-order valence-corrected chi connectivity index (χ4v) is 2.34. The van der Waals surface area contributed by atoms with E-state index >= 15 is 0 Å². The molecule has 3 rings (SSSR count). The van der Waals surface area contributed by atoms with Crippen molar-refractivity contribution < 1.29 is 24.8 Å². The minimum atomic E-state index is -1.36. The lowest BCUT2D eigenvalue weighted by atomic mass is 10.2. The van der Waals surface area contributed by atoms with E-state index in [9.17, 15) is 9.90 Å². The second-order valence-electron chi connectivity index (χ2n) is 5.10. The average Bonchev–Trinajstić information content (AvgIpc) is 2.60. The molecule has 1 aromatic carbocycles. The molecular formula is C15H17N3O6. The van der Waals surface area contributed by atoms with Gasteiger partial charge in [-0.3, -0.25) is 4.57 Å². The van der Waals surface area contributed by atoms with Crippen LogP contribution in [0.3, 0.4) is 0 Å². The zero-order valence-electron chi connectivity index (χ0n) is 12.6. The summed E-state index contributed by atoms with van der Waals surface area (Å²) in [6.45, 7) is -1.04. The highest BCUT2D eigenvalue weighted by Crippen LogP contribution is 2.39. The van der Waals surface area contributed by atoms with Crippen molar-refractivity contribution in [3.05, 3.63) is 40.9 Å². The number of rotatable bonds is 6. The van der Waals surface area contributed by atoms with Crippen LogP contribution in [0.15, 0.2) is 35.3 Å². The highest BCUT2D eigenvalue weighted by Gasteiger charge is 2.26. The summed E-state index contributed by atoms with van der Waals surface area (Å²) in [5, 5.41) is 30.9. The van der Waals surface area contributed by atoms with Gasteiger partial charge in [-0.25, -0.2) is 4.79 Å². The molecule has 4 N–H and O–H groups in total. The van der Waals surface area contributed by atoms with Gasteiger partial charge in [0, 0.05) is 0 Å². The first-order chi connectivity index (χ1) is 11.6. The highest BCUT2D eigenvalue weighted by molar-refractivity contribution is 5.72. The summed E-state index contributed by atoms with van der Waals surface area (Å²) < 4.78 is 12.0. The standard InChI is InChI=1S/C15H17N3O6/c19-5-6-23-14(10(21)8-20)18-7-12-13(17-15(18)22)16-9-3-1-2-4-11(9)24-12/h1-4,7,10,14,19-21H,5-6,8H2,(H,16,17,22)/t10?,14-/m1/s1. The lowest BCUT2D eigenvalue weighted by molar-refractivity contribution is -0.106. The van der Waals surface area contributed by atoms with E-state index in [2.05, 4.69) is 10.3 Å². The van der Waals surface area contributed by atoms with Gasteiger partial charge < -0.3 is 30.1 Å². The summed E-state index contributed by atoms with van der Waals surface area (Å²) in [4.78, 5) is 16.1. The Morgan fingerprint density at radius 1 is 1.29 bits per heavy atom. The maximum Gasteiger partial charge on any atom is 0.351 e. The molecule has 2 atom stereocenters. The number of hydrogen-bond donors (Lipinski definition) is 4. The number of ether oxygens (including phenoxy) is 2. The molecule has 0 amide bonds. The Kier molecular flexibility index (Phi) is 4.76. The molecule has 24 heavy (non-hydrogen) atoms. The Morgan fingerprint density at radius 3 is 2.83 bits per heavy atom. The van der Waals surface area contributed by atoms with Crippen molar-refractivity contribution in [2.45, 2.75) is 12.3 Å². The molecule has 1 aromatic heterocycles. The van der Waals surface area contributed by atoms with Gasteiger partial charge in [-0.1, -0.05) is 12.1 Å². The molecule has 1 aliphatic rings. The van der Waals surface area contributed by atoms with Crippen molar-refractivity contribution >= 4 is 11.5 Å². The first kappa shape index (κ1) is 16.4. The molecule has 9 heteroatoms. The molecule has 0 fully saturated rings. The van der Waals surface area contributed by atoms with Crippen molar-refractivity contribution in [3.63, 3.8) is 0 Å². The topological polar surface area (TPSA) is 126 Å². The summed E-state index contributed by atoms with van der Waals surface area (Å²) in [5.74, 6) is 1.08. The van der Waals surface area contributed by atoms with Crippen LogP contribution in [0.1, 0.15) is 6.23 Å². The van der Waals surface area contributed by atoms with Crippen LogP contribution >= 0.6 is 0 Å². The van der Waals surface area contributed by atoms with Gasteiger partial charge in [0.25, 0.3) is 0 Å². The molecule has 128 valence electrons. The number of aliphatic hydroxyl groups is 3. The zero-order chi connectivity index (χ0) is 17.1. The highest BCUT2D eigenvalue weighted by atomic mass is 16.5. The van der Waals surface area contributed by atoms with Crippen molar-refractivity contribution in [3.8, 4) is 11.5 Å². The van der Waals surface area contributed by atoms with Gasteiger partial charge in [-0.05, 0) is 12.1 Å². The van der Waals surface area contributed by atoms with E-state index < -0.39 is 24.6 Å². The van der Waals surface area contributed by atoms with Crippen molar-refractivity contribution in [1.82, 2.24) is 9.55 Å². The third-order valence-electron chi connectivity index (χ3n) is 3.45. The molecule has 0 radical (unpaired) electrons. The van der Waals surface area contributed by atoms with Gasteiger partial charge in [0.1, 0.15) is 6.10 Å². The van der Waals surface area contributed by atoms with Crippen LogP contribution in [-0.4, -0.2) is 50.8 Å². The lowest BCUT2D eigenvalue weighted by Gasteiger charge is -2.26. The number of anilines is 2. The van der Waals surface area contributed by atoms with Gasteiger partial charge in [0.15, 0.2) is 23.5 Å². The number of nitrogens with one attached hydrogen (secondary N) is 1. The maximum atomic E-state index is 12.2. The third kappa shape index (κ3) is 3.10. The fourth-order valence-electron chi connectivity index (χ4n) is 2.34. The van der Waals surface area contributed by atoms with Gasteiger partial charge in [0.05, 0.1) is 31.7 Å². The molecular weight excluding hydrogens is 318 g/mol. The monoisotopic (exact) mass is 335 g/mol. The van der Waals surface area contributed by atoms with E-state index in [0.717, 1.165) is 4.57 Å².